The number of benzene rings is 1. The van der Waals surface area contributed by atoms with Crippen LogP contribution in [0.4, 0.5) is 0 Å². The first-order valence-electron chi connectivity index (χ1n) is 7.58. The number of amides is 1. The topological polar surface area (TPSA) is 74.2 Å². The van der Waals surface area contributed by atoms with Crippen LogP contribution in [0.25, 0.3) is 0 Å². The van der Waals surface area contributed by atoms with Crippen molar-refractivity contribution in [3.05, 3.63) is 41.6 Å². The van der Waals surface area contributed by atoms with Crippen LogP contribution in [0.5, 0.6) is 5.75 Å². The molecule has 1 aliphatic rings. The lowest BCUT2D eigenvalue weighted by atomic mass is 9.91. The summed E-state index contributed by atoms with van der Waals surface area (Å²) in [7, 11) is 0. The summed E-state index contributed by atoms with van der Waals surface area (Å²) in [5.74, 6) is 1.10. The summed E-state index contributed by atoms with van der Waals surface area (Å²) in [6.45, 7) is 2.14. The standard InChI is InChI=1S/C17H21N3O2/c1-2-13-3-7-15(8-4-13)19-20-17(21)12-22-16-9-5-14(11-18)6-10-16/h5-7,9-10,13,19H,2-4,8,12H2,1H3,(H,20,21)/t13-/m1/s1. The summed E-state index contributed by atoms with van der Waals surface area (Å²) in [5.41, 5.74) is 7.23. The van der Waals surface area contributed by atoms with E-state index >= 15 is 0 Å². The third kappa shape index (κ3) is 4.81. The summed E-state index contributed by atoms with van der Waals surface area (Å²) >= 11 is 0. The van der Waals surface area contributed by atoms with Crippen LogP contribution in [0.3, 0.4) is 0 Å². The van der Waals surface area contributed by atoms with Crippen molar-refractivity contribution in [3.63, 3.8) is 0 Å². The van der Waals surface area contributed by atoms with E-state index in [-0.39, 0.29) is 12.5 Å². The van der Waals surface area contributed by atoms with Crippen LogP contribution in [0, 0.1) is 17.2 Å². The summed E-state index contributed by atoms with van der Waals surface area (Å²) in [6.07, 6.45) is 6.55. The van der Waals surface area contributed by atoms with Crippen molar-refractivity contribution in [2.75, 3.05) is 6.61 Å². The van der Waals surface area contributed by atoms with Crippen molar-refractivity contribution in [1.29, 1.82) is 5.26 Å². The van der Waals surface area contributed by atoms with E-state index in [0.717, 1.165) is 30.9 Å². The maximum atomic E-state index is 11.7. The number of carbonyl (C=O) groups is 1. The molecule has 0 saturated heterocycles. The highest BCUT2D eigenvalue weighted by Crippen LogP contribution is 2.23. The number of nitrogens with one attached hydrogen (secondary N) is 2. The Bertz CT molecular complexity index is 573. The molecule has 1 aromatic rings. The summed E-state index contributed by atoms with van der Waals surface area (Å²) in [5, 5.41) is 8.70. The molecule has 0 spiro atoms. The van der Waals surface area contributed by atoms with E-state index in [0.29, 0.717) is 11.3 Å². The fourth-order valence-electron chi connectivity index (χ4n) is 2.33. The van der Waals surface area contributed by atoms with Crippen molar-refractivity contribution in [3.8, 4) is 11.8 Å². The van der Waals surface area contributed by atoms with E-state index in [1.54, 1.807) is 24.3 Å². The number of allylic oxidation sites excluding steroid dienone is 2. The van der Waals surface area contributed by atoms with Gasteiger partial charge in [0.2, 0.25) is 0 Å². The van der Waals surface area contributed by atoms with Gasteiger partial charge in [-0.2, -0.15) is 5.26 Å². The number of hydrazine groups is 1. The van der Waals surface area contributed by atoms with Gasteiger partial charge in [-0.3, -0.25) is 10.2 Å². The van der Waals surface area contributed by atoms with E-state index in [2.05, 4.69) is 23.9 Å². The Morgan fingerprint density at radius 1 is 1.41 bits per heavy atom. The van der Waals surface area contributed by atoms with Gasteiger partial charge in [0.1, 0.15) is 5.75 Å². The SMILES string of the molecule is CC[C@@H]1CC=C(NNC(=O)COc2ccc(C#N)cc2)CC1. The summed E-state index contributed by atoms with van der Waals surface area (Å²) in [4.78, 5) is 11.7. The highest BCUT2D eigenvalue weighted by Gasteiger charge is 2.12. The summed E-state index contributed by atoms with van der Waals surface area (Å²) < 4.78 is 5.36. The molecule has 0 aromatic heterocycles. The third-order valence-electron chi connectivity index (χ3n) is 3.81. The molecule has 1 aliphatic carbocycles. The normalized spacial score (nSPS) is 17.1. The lowest BCUT2D eigenvalue weighted by molar-refractivity contribution is -0.123. The number of nitriles is 1. The van der Waals surface area contributed by atoms with Gasteiger partial charge < -0.3 is 10.2 Å². The number of carbonyl (C=O) groups excluding carboxylic acids is 1. The van der Waals surface area contributed by atoms with Crippen LogP contribution in [-0.4, -0.2) is 12.5 Å². The predicted molar refractivity (Wildman–Crippen MR) is 83.6 cm³/mol. The van der Waals surface area contributed by atoms with Crippen LogP contribution in [0.2, 0.25) is 0 Å². The van der Waals surface area contributed by atoms with E-state index in [1.807, 2.05) is 6.07 Å². The molecule has 1 amide bonds. The van der Waals surface area contributed by atoms with E-state index < -0.39 is 0 Å². The van der Waals surface area contributed by atoms with Gasteiger partial charge in [0.05, 0.1) is 11.6 Å². The Hall–Kier alpha value is -2.48. The van der Waals surface area contributed by atoms with Crippen molar-refractivity contribution < 1.29 is 9.53 Å². The predicted octanol–water partition coefficient (Wildman–Crippen LogP) is 2.65. The molecule has 1 atom stereocenters. The van der Waals surface area contributed by atoms with Crippen molar-refractivity contribution in [2.45, 2.75) is 32.6 Å². The van der Waals surface area contributed by atoms with Crippen LogP contribution in [-0.2, 0) is 4.79 Å². The average molecular weight is 299 g/mol. The molecule has 2 N–H and O–H groups in total. The zero-order chi connectivity index (χ0) is 15.8. The average Bonchev–Trinajstić information content (AvgIpc) is 2.59. The molecule has 0 bridgehead atoms. The zero-order valence-electron chi connectivity index (χ0n) is 12.8. The van der Waals surface area contributed by atoms with Gasteiger partial charge in [-0.05, 0) is 49.4 Å². The maximum absolute atomic E-state index is 11.7. The number of nitrogens with zero attached hydrogens (tertiary/aromatic N) is 1. The summed E-state index contributed by atoms with van der Waals surface area (Å²) in [6, 6.07) is 8.69. The molecular formula is C17H21N3O2. The fraction of sp³-hybridized carbons (Fsp3) is 0.412. The van der Waals surface area contributed by atoms with Gasteiger partial charge in [0.25, 0.3) is 5.91 Å². The molecule has 0 heterocycles. The largest absolute Gasteiger partial charge is 0.484 e. The number of ether oxygens (including phenoxy) is 1. The van der Waals surface area contributed by atoms with Crippen LogP contribution in [0.1, 0.15) is 38.2 Å². The van der Waals surface area contributed by atoms with E-state index in [9.17, 15) is 4.79 Å². The molecule has 0 unspecified atom stereocenters. The highest BCUT2D eigenvalue weighted by atomic mass is 16.5. The molecule has 5 heteroatoms. The van der Waals surface area contributed by atoms with Gasteiger partial charge in [0.15, 0.2) is 6.61 Å². The van der Waals surface area contributed by atoms with Crippen molar-refractivity contribution >= 4 is 5.91 Å². The van der Waals surface area contributed by atoms with Crippen LogP contribution < -0.4 is 15.6 Å². The minimum absolute atomic E-state index is 0.0657. The first-order chi connectivity index (χ1) is 10.7. The van der Waals surface area contributed by atoms with Gasteiger partial charge in [-0.25, -0.2) is 0 Å². The highest BCUT2D eigenvalue weighted by molar-refractivity contribution is 5.77. The van der Waals surface area contributed by atoms with E-state index in [1.165, 1.54) is 6.42 Å². The lowest BCUT2D eigenvalue weighted by Gasteiger charge is -2.21. The molecule has 0 saturated carbocycles. The van der Waals surface area contributed by atoms with Crippen LogP contribution >= 0.6 is 0 Å². The first kappa shape index (κ1) is 15.9. The fourth-order valence-corrected chi connectivity index (χ4v) is 2.33. The molecule has 5 nitrogen and oxygen atoms in total. The van der Waals surface area contributed by atoms with Gasteiger partial charge in [-0.1, -0.05) is 19.4 Å². The Kier molecular flexibility index (Phi) is 5.84. The monoisotopic (exact) mass is 299 g/mol. The minimum Gasteiger partial charge on any atom is -0.484 e. The Balaban J connectivity index is 1.70. The smallest absolute Gasteiger partial charge is 0.276 e. The molecule has 0 aliphatic heterocycles. The molecular weight excluding hydrogens is 278 g/mol. The van der Waals surface area contributed by atoms with Gasteiger partial charge >= 0.3 is 0 Å². The zero-order valence-corrected chi connectivity index (χ0v) is 12.8. The number of hydrogen-bond acceptors (Lipinski definition) is 4. The Morgan fingerprint density at radius 3 is 2.77 bits per heavy atom. The molecule has 116 valence electrons. The second kappa shape index (κ2) is 8.08. The maximum Gasteiger partial charge on any atom is 0.276 e. The van der Waals surface area contributed by atoms with Crippen LogP contribution in [0.15, 0.2) is 36.0 Å². The van der Waals surface area contributed by atoms with Gasteiger partial charge in [0, 0.05) is 5.70 Å². The van der Waals surface area contributed by atoms with E-state index in [4.69, 9.17) is 10.00 Å². The molecule has 0 radical (unpaired) electrons. The van der Waals surface area contributed by atoms with Crippen molar-refractivity contribution in [2.24, 2.45) is 5.92 Å². The molecule has 1 aromatic carbocycles. The minimum atomic E-state index is -0.233. The first-order valence-corrected chi connectivity index (χ1v) is 7.58. The number of rotatable bonds is 6. The van der Waals surface area contributed by atoms with Crippen molar-refractivity contribution in [1.82, 2.24) is 10.9 Å². The molecule has 2 rings (SSSR count). The number of hydrogen-bond donors (Lipinski definition) is 2. The van der Waals surface area contributed by atoms with Gasteiger partial charge in [-0.15, -0.1) is 0 Å². The Morgan fingerprint density at radius 2 is 2.18 bits per heavy atom. The second-order valence-electron chi connectivity index (χ2n) is 5.38. The lowest BCUT2D eigenvalue weighted by Crippen LogP contribution is -2.40. The molecule has 0 fully saturated rings. The third-order valence-corrected chi connectivity index (χ3v) is 3.81. The molecule has 22 heavy (non-hydrogen) atoms. The Labute approximate surface area is 130 Å². The quantitative estimate of drug-likeness (QED) is 0.792. The second-order valence-corrected chi connectivity index (χ2v) is 5.38.